The molecule has 0 aromatic heterocycles. The zero-order valence-corrected chi connectivity index (χ0v) is 6.98. The second kappa shape index (κ2) is 3.04. The first-order chi connectivity index (χ1) is 4.86. The fraction of sp³-hybridized carbons (Fsp3) is 0. The number of hydrogen-bond donors (Lipinski definition) is 0. The number of hydrogen-bond acceptors (Lipinski definition) is 1. The van der Waals surface area contributed by atoms with Gasteiger partial charge < -0.3 is 0 Å². The number of carbonyl (C=O) groups excluding carboxylic acids is 1. The van der Waals surface area contributed by atoms with Gasteiger partial charge >= 0.3 is 6.03 Å². The maximum atomic E-state index is 10.6. The van der Waals surface area contributed by atoms with E-state index in [-0.39, 0.29) is 20.4 Å². The van der Waals surface area contributed by atoms with E-state index in [0.717, 1.165) is 0 Å². The molecule has 1 aromatic rings. The van der Waals surface area contributed by atoms with Gasteiger partial charge in [0.25, 0.3) is 0 Å². The topological polar surface area (TPSA) is 41.8 Å². The van der Waals surface area contributed by atoms with Crippen LogP contribution in [0.15, 0.2) is 34.3 Å². The van der Waals surface area contributed by atoms with Gasteiger partial charge in [-0.15, -0.1) is 0 Å². The van der Waals surface area contributed by atoms with Gasteiger partial charge in [0.05, 0.1) is 10.7 Å². The normalized spacial score (nSPS) is 12.5. The van der Waals surface area contributed by atoms with Gasteiger partial charge in [0, 0.05) is 20.4 Å². The molecule has 0 spiro atoms. The molecule has 11 heavy (non-hydrogen) atoms. The van der Waals surface area contributed by atoms with Crippen LogP contribution in [0.3, 0.4) is 0 Å². The van der Waals surface area contributed by atoms with E-state index in [1.54, 1.807) is 12.1 Å². The molecule has 0 atom stereocenters. The number of nitrogens with zero attached hydrogens (tertiary/aromatic N) is 2. The Balaban J connectivity index is 0.000000605. The number of urea groups is 1. The van der Waals surface area contributed by atoms with Crippen molar-refractivity contribution in [2.24, 2.45) is 9.98 Å². The summed E-state index contributed by atoms with van der Waals surface area (Å²) in [6.07, 6.45) is 0. The summed E-state index contributed by atoms with van der Waals surface area (Å²) in [6.45, 7) is 0. The van der Waals surface area contributed by atoms with Gasteiger partial charge in [0.1, 0.15) is 0 Å². The fourth-order valence-electron chi connectivity index (χ4n) is 0.884. The molecule has 0 fully saturated rings. The van der Waals surface area contributed by atoms with Crippen molar-refractivity contribution in [2.45, 2.75) is 0 Å². The van der Waals surface area contributed by atoms with E-state index in [2.05, 4.69) is 9.98 Å². The van der Waals surface area contributed by atoms with Crippen LogP contribution in [0.1, 0.15) is 0 Å². The van der Waals surface area contributed by atoms with Crippen LogP contribution in [0.2, 0.25) is 0 Å². The first kappa shape index (κ1) is 8.25. The zero-order valence-electron chi connectivity index (χ0n) is 5.43. The zero-order chi connectivity index (χ0) is 6.97. The van der Waals surface area contributed by atoms with Crippen LogP contribution in [-0.4, -0.2) is 6.03 Å². The fourth-order valence-corrected chi connectivity index (χ4v) is 0.884. The van der Waals surface area contributed by atoms with Gasteiger partial charge in [-0.3, -0.25) is 0 Å². The predicted molar refractivity (Wildman–Crippen MR) is 34.2 cm³/mol. The van der Waals surface area contributed by atoms with Crippen molar-refractivity contribution in [1.29, 1.82) is 0 Å². The van der Waals surface area contributed by atoms with Gasteiger partial charge in [0.2, 0.25) is 0 Å². The largest absolute Gasteiger partial charge is 0.368 e. The molecular weight excluding hydrogens is 235 g/mol. The van der Waals surface area contributed by atoms with Crippen LogP contribution in [0.4, 0.5) is 4.79 Å². The maximum absolute atomic E-state index is 10.6. The monoisotopic (exact) mass is 238 g/mol. The number of para-hydroxylation sites is 2. The van der Waals surface area contributed by atoms with E-state index < -0.39 is 6.03 Å². The summed E-state index contributed by atoms with van der Waals surface area (Å²) < 4.78 is 0. The van der Waals surface area contributed by atoms with Gasteiger partial charge in [-0.05, 0) is 12.1 Å². The Morgan fingerprint density at radius 3 is 1.91 bits per heavy atom. The standard InChI is InChI=1S/C7H4N2O.Pd/c10-7-8-5-3-1-2-4-6(5)9-7;/h1-4H;. The van der Waals surface area contributed by atoms with Gasteiger partial charge in [-0.25, -0.2) is 4.79 Å². The molecule has 0 unspecified atom stereocenters. The van der Waals surface area contributed by atoms with E-state index in [1.807, 2.05) is 12.1 Å². The molecule has 0 saturated heterocycles. The molecule has 1 heterocycles. The van der Waals surface area contributed by atoms with E-state index in [0.29, 0.717) is 10.7 Å². The second-order valence-corrected chi connectivity index (χ2v) is 1.99. The third-order valence-corrected chi connectivity index (χ3v) is 1.31. The Morgan fingerprint density at radius 1 is 1.00 bits per heavy atom. The molecule has 1 aliphatic rings. The molecule has 0 saturated carbocycles. The number of amides is 2. The van der Waals surface area contributed by atoms with E-state index in [4.69, 9.17) is 0 Å². The van der Waals surface area contributed by atoms with Crippen LogP contribution >= 0.6 is 0 Å². The second-order valence-electron chi connectivity index (χ2n) is 1.99. The Bertz CT molecular complexity index is 362. The number of benzene rings is 1. The molecule has 2 rings (SSSR count). The van der Waals surface area contributed by atoms with E-state index >= 15 is 0 Å². The molecule has 3 nitrogen and oxygen atoms in total. The van der Waals surface area contributed by atoms with Crippen LogP contribution in [-0.2, 0) is 20.4 Å². The minimum absolute atomic E-state index is 0. The molecule has 4 heteroatoms. The van der Waals surface area contributed by atoms with Crippen molar-refractivity contribution in [3.05, 3.63) is 35.0 Å². The maximum Gasteiger partial charge on any atom is 0.368 e. The minimum atomic E-state index is -0.402. The van der Waals surface area contributed by atoms with E-state index in [9.17, 15) is 4.79 Å². The molecule has 1 aliphatic heterocycles. The molecule has 2 amide bonds. The summed E-state index contributed by atoms with van der Waals surface area (Å²) in [5.41, 5.74) is 0. The van der Waals surface area contributed by atoms with Crippen molar-refractivity contribution in [2.75, 3.05) is 0 Å². The molecule has 0 bridgehead atoms. The molecular formula is C7H4N2OPd. The number of carbonyl (C=O) groups is 1. The molecule has 0 N–H and O–H groups in total. The average molecular weight is 239 g/mol. The van der Waals surface area contributed by atoms with Crippen LogP contribution < -0.4 is 10.7 Å². The summed E-state index contributed by atoms with van der Waals surface area (Å²) in [6, 6.07) is 6.79. The molecule has 58 valence electrons. The Labute approximate surface area is 76.5 Å². The van der Waals surface area contributed by atoms with Gasteiger partial charge in [-0.1, -0.05) is 12.1 Å². The van der Waals surface area contributed by atoms with Crippen LogP contribution in [0.5, 0.6) is 0 Å². The molecule has 0 aliphatic carbocycles. The Hall–Kier alpha value is -0.848. The van der Waals surface area contributed by atoms with Crippen LogP contribution in [0, 0.1) is 0 Å². The summed E-state index contributed by atoms with van der Waals surface area (Å²) >= 11 is 0. The predicted octanol–water partition coefficient (Wildman–Crippen LogP) is 0.0569. The number of fused-ring (bicyclic) bond motifs is 1. The summed E-state index contributed by atoms with van der Waals surface area (Å²) in [5, 5.41) is 1.35. The number of rotatable bonds is 0. The van der Waals surface area contributed by atoms with Crippen molar-refractivity contribution in [1.82, 2.24) is 0 Å². The summed E-state index contributed by atoms with van der Waals surface area (Å²) in [5.74, 6) is 0. The van der Waals surface area contributed by atoms with Gasteiger partial charge in [0.15, 0.2) is 0 Å². The van der Waals surface area contributed by atoms with Crippen molar-refractivity contribution in [3.63, 3.8) is 0 Å². The quantitative estimate of drug-likeness (QED) is 0.589. The van der Waals surface area contributed by atoms with E-state index in [1.165, 1.54) is 0 Å². The van der Waals surface area contributed by atoms with Crippen molar-refractivity contribution in [3.8, 4) is 0 Å². The first-order valence-corrected chi connectivity index (χ1v) is 2.93. The molecule has 0 radical (unpaired) electrons. The summed E-state index contributed by atoms with van der Waals surface area (Å²) in [4.78, 5) is 17.9. The third kappa shape index (κ3) is 1.42. The smallest absolute Gasteiger partial charge is 0.244 e. The molecule has 1 aromatic carbocycles. The van der Waals surface area contributed by atoms with Crippen LogP contribution in [0.25, 0.3) is 0 Å². The third-order valence-electron chi connectivity index (χ3n) is 1.31. The Morgan fingerprint density at radius 2 is 1.45 bits per heavy atom. The SMILES string of the molecule is O=C1N=c2ccccc2=N1.[Pd]. The van der Waals surface area contributed by atoms with Crippen molar-refractivity contribution >= 4 is 6.03 Å². The van der Waals surface area contributed by atoms with Crippen molar-refractivity contribution < 1.29 is 25.2 Å². The first-order valence-electron chi connectivity index (χ1n) is 2.93. The Kier molecular flexibility index (Phi) is 2.28. The van der Waals surface area contributed by atoms with Gasteiger partial charge in [-0.2, -0.15) is 9.98 Å². The minimum Gasteiger partial charge on any atom is -0.244 e. The summed E-state index contributed by atoms with van der Waals surface area (Å²) in [7, 11) is 0. The average Bonchev–Trinajstić information content (AvgIpc) is 2.27.